The van der Waals surface area contributed by atoms with E-state index in [-0.39, 0.29) is 4.90 Å². The van der Waals surface area contributed by atoms with E-state index in [1.807, 2.05) is 34.7 Å². The van der Waals surface area contributed by atoms with Crippen molar-refractivity contribution < 1.29 is 8.42 Å². The second-order valence-corrected chi connectivity index (χ2v) is 8.74. The predicted molar refractivity (Wildman–Crippen MR) is 112 cm³/mol. The zero-order chi connectivity index (χ0) is 19.1. The normalized spacial score (nSPS) is 11.5. The molecule has 0 bridgehead atoms. The van der Waals surface area contributed by atoms with Crippen LogP contribution in [0, 0.1) is 6.92 Å². The first-order chi connectivity index (χ1) is 12.2. The predicted octanol–water partition coefficient (Wildman–Crippen LogP) is 0.693. The largest absolute Gasteiger partial charge is 0.261 e. The molecule has 0 saturated carbocycles. The maximum Gasteiger partial charge on any atom is 0.175 e. The van der Waals surface area contributed by atoms with Crippen LogP contribution in [0.1, 0.15) is 5.69 Å². The lowest BCUT2D eigenvalue weighted by atomic mass is 9.82. The van der Waals surface area contributed by atoms with Crippen LogP contribution in [0.3, 0.4) is 0 Å². The fraction of sp³-hybridized carbons (Fsp3) is 0.111. The topological polar surface area (TPSA) is 59.9 Å². The standard InChI is InChI=1S/C18H17B2ClN2O2S/c1-10-3-4-12(9-22-10)17-14(15(19)16(21)18(20)23-17)11-5-7-13(8-6-11)26(2,24)25/h3-9H,19-20H2,1-2H3. The number of hydrogen-bond acceptors (Lipinski definition) is 4. The van der Waals surface area contributed by atoms with Gasteiger partial charge in [0.05, 0.1) is 10.6 Å². The van der Waals surface area contributed by atoms with Crippen molar-refractivity contribution in [1.29, 1.82) is 0 Å². The van der Waals surface area contributed by atoms with Crippen LogP contribution in [0.5, 0.6) is 0 Å². The Balaban J connectivity index is 2.26. The number of aromatic nitrogens is 2. The Hall–Kier alpha value is -2.11. The molecule has 2 heterocycles. The van der Waals surface area contributed by atoms with Crippen molar-refractivity contribution in [3.8, 4) is 22.4 Å². The molecule has 0 unspecified atom stereocenters. The number of hydrogen-bond donors (Lipinski definition) is 0. The minimum atomic E-state index is -3.25. The third kappa shape index (κ3) is 3.55. The lowest BCUT2D eigenvalue weighted by molar-refractivity contribution is 0.602. The molecular weight excluding hydrogens is 365 g/mol. The van der Waals surface area contributed by atoms with Crippen molar-refractivity contribution in [2.24, 2.45) is 0 Å². The first kappa shape index (κ1) is 18.7. The molecular formula is C18H17B2ClN2O2S. The highest BCUT2D eigenvalue weighted by Crippen LogP contribution is 2.30. The third-order valence-electron chi connectivity index (χ3n) is 4.29. The summed E-state index contributed by atoms with van der Waals surface area (Å²) >= 11 is 6.45. The van der Waals surface area contributed by atoms with Gasteiger partial charge in [-0.05, 0) is 36.8 Å². The molecule has 0 aliphatic heterocycles. The Morgan fingerprint density at radius 3 is 2.15 bits per heavy atom. The van der Waals surface area contributed by atoms with Crippen molar-refractivity contribution >= 4 is 48.2 Å². The second kappa shape index (κ2) is 6.89. The van der Waals surface area contributed by atoms with Gasteiger partial charge in [-0.3, -0.25) is 9.97 Å². The minimum Gasteiger partial charge on any atom is -0.261 e. The van der Waals surface area contributed by atoms with E-state index >= 15 is 0 Å². The zero-order valence-corrected chi connectivity index (χ0v) is 16.6. The highest BCUT2D eigenvalue weighted by Gasteiger charge is 2.17. The van der Waals surface area contributed by atoms with Crippen molar-refractivity contribution in [2.45, 2.75) is 11.8 Å². The van der Waals surface area contributed by atoms with Gasteiger partial charge in [-0.2, -0.15) is 0 Å². The molecule has 0 atom stereocenters. The van der Waals surface area contributed by atoms with E-state index in [4.69, 9.17) is 16.6 Å². The summed E-state index contributed by atoms with van der Waals surface area (Å²) in [5.41, 5.74) is 5.99. The maximum atomic E-state index is 11.7. The summed E-state index contributed by atoms with van der Waals surface area (Å²) in [5, 5.41) is 0.607. The molecule has 3 aromatic rings. The monoisotopic (exact) mass is 382 g/mol. The van der Waals surface area contributed by atoms with Gasteiger partial charge in [0.1, 0.15) is 7.85 Å². The number of nitrogens with zero attached hydrogens (tertiary/aromatic N) is 2. The van der Waals surface area contributed by atoms with E-state index in [2.05, 4.69) is 4.98 Å². The van der Waals surface area contributed by atoms with Crippen LogP contribution in [0.15, 0.2) is 47.5 Å². The molecule has 8 heteroatoms. The summed E-state index contributed by atoms with van der Waals surface area (Å²) < 4.78 is 23.4. The van der Waals surface area contributed by atoms with Gasteiger partial charge in [0.2, 0.25) is 0 Å². The van der Waals surface area contributed by atoms with Gasteiger partial charge in [0, 0.05) is 39.9 Å². The summed E-state index contributed by atoms with van der Waals surface area (Å²) in [6.45, 7) is 1.93. The van der Waals surface area contributed by atoms with E-state index in [1.54, 1.807) is 30.5 Å². The number of aryl methyl sites for hydroxylation is 1. The Labute approximate surface area is 160 Å². The smallest absolute Gasteiger partial charge is 0.175 e. The molecule has 0 N–H and O–H groups in total. The van der Waals surface area contributed by atoms with E-state index in [0.717, 1.165) is 39.1 Å². The quantitative estimate of drug-likeness (QED) is 0.626. The van der Waals surface area contributed by atoms with Gasteiger partial charge in [-0.15, -0.1) is 0 Å². The summed E-state index contributed by atoms with van der Waals surface area (Å²) in [4.78, 5) is 9.34. The molecule has 0 saturated heterocycles. The van der Waals surface area contributed by atoms with E-state index < -0.39 is 9.84 Å². The summed E-state index contributed by atoms with van der Waals surface area (Å²) in [6, 6.07) is 10.7. The second-order valence-electron chi connectivity index (χ2n) is 6.34. The van der Waals surface area contributed by atoms with Gasteiger partial charge in [-0.25, -0.2) is 8.42 Å². The van der Waals surface area contributed by atoms with Crippen molar-refractivity contribution in [1.82, 2.24) is 9.97 Å². The van der Waals surface area contributed by atoms with Crippen LogP contribution in [0.25, 0.3) is 22.4 Å². The Morgan fingerprint density at radius 2 is 1.62 bits per heavy atom. The molecule has 0 amide bonds. The first-order valence-electron chi connectivity index (χ1n) is 8.08. The molecule has 3 rings (SSSR count). The Kier molecular flexibility index (Phi) is 4.95. The van der Waals surface area contributed by atoms with Crippen molar-refractivity contribution in [3.63, 3.8) is 0 Å². The van der Waals surface area contributed by atoms with E-state index in [9.17, 15) is 8.42 Å². The summed E-state index contributed by atoms with van der Waals surface area (Å²) in [7, 11) is 0.573. The van der Waals surface area contributed by atoms with Gasteiger partial charge >= 0.3 is 0 Å². The van der Waals surface area contributed by atoms with Crippen LogP contribution >= 0.6 is 11.6 Å². The molecule has 0 fully saturated rings. The van der Waals surface area contributed by atoms with Crippen LogP contribution in [-0.4, -0.2) is 40.3 Å². The lowest BCUT2D eigenvalue weighted by Gasteiger charge is -2.16. The number of pyridine rings is 2. The van der Waals surface area contributed by atoms with Crippen molar-refractivity contribution in [3.05, 3.63) is 53.3 Å². The Bertz CT molecular complexity index is 1080. The number of rotatable bonds is 3. The number of halogens is 1. The van der Waals surface area contributed by atoms with Crippen LogP contribution < -0.4 is 11.1 Å². The fourth-order valence-electron chi connectivity index (χ4n) is 2.87. The van der Waals surface area contributed by atoms with Gasteiger partial charge in [0.15, 0.2) is 17.7 Å². The number of benzene rings is 1. The minimum absolute atomic E-state index is 0.281. The molecule has 4 nitrogen and oxygen atoms in total. The summed E-state index contributed by atoms with van der Waals surface area (Å²) in [6.07, 6.45) is 2.99. The molecule has 1 aromatic carbocycles. The average Bonchev–Trinajstić information content (AvgIpc) is 2.59. The molecule has 0 radical (unpaired) electrons. The summed E-state index contributed by atoms with van der Waals surface area (Å²) in [5.74, 6) is 0. The van der Waals surface area contributed by atoms with E-state index in [1.165, 1.54) is 6.26 Å². The maximum absolute atomic E-state index is 11.7. The molecule has 0 aliphatic rings. The van der Waals surface area contributed by atoms with Gasteiger partial charge in [0.25, 0.3) is 0 Å². The average molecular weight is 382 g/mol. The first-order valence-corrected chi connectivity index (χ1v) is 10.4. The van der Waals surface area contributed by atoms with Gasteiger partial charge < -0.3 is 0 Å². The van der Waals surface area contributed by atoms with Gasteiger partial charge in [-0.1, -0.05) is 29.2 Å². The lowest BCUT2D eigenvalue weighted by Crippen LogP contribution is -2.24. The molecule has 0 aliphatic carbocycles. The third-order valence-corrected chi connectivity index (χ3v) is 5.98. The molecule has 130 valence electrons. The van der Waals surface area contributed by atoms with E-state index in [0.29, 0.717) is 5.02 Å². The molecule has 2 aromatic heterocycles. The SMILES string of the molecule is Bc1nc(-c2ccc(C)nc2)c(-c2ccc(S(C)(=O)=O)cc2)c(B)c1Cl. The zero-order valence-electron chi connectivity index (χ0n) is 15.0. The van der Waals surface area contributed by atoms with Crippen LogP contribution in [0.4, 0.5) is 0 Å². The fourth-order valence-corrected chi connectivity index (χ4v) is 3.64. The molecule has 26 heavy (non-hydrogen) atoms. The van der Waals surface area contributed by atoms with Crippen LogP contribution in [0.2, 0.25) is 5.02 Å². The number of sulfone groups is 1. The highest BCUT2D eigenvalue weighted by molar-refractivity contribution is 7.90. The molecule has 0 spiro atoms. The van der Waals surface area contributed by atoms with Crippen LogP contribution in [-0.2, 0) is 9.84 Å². The highest BCUT2D eigenvalue weighted by atomic mass is 35.5. The van der Waals surface area contributed by atoms with Crippen molar-refractivity contribution in [2.75, 3.05) is 6.26 Å². The Morgan fingerprint density at radius 1 is 1.00 bits per heavy atom.